The molecule has 0 aliphatic rings. The Hall–Kier alpha value is -3.10. The van der Waals surface area contributed by atoms with Crippen LogP contribution >= 0.6 is 0 Å². The van der Waals surface area contributed by atoms with Crippen LogP contribution in [0.1, 0.15) is 35.6 Å². The summed E-state index contributed by atoms with van der Waals surface area (Å²) in [7, 11) is 0. The molecule has 0 amide bonds. The van der Waals surface area contributed by atoms with E-state index in [0.717, 1.165) is 25.1 Å². The number of benzene rings is 4. The van der Waals surface area contributed by atoms with Crippen LogP contribution in [0, 0.1) is 6.92 Å². The van der Waals surface area contributed by atoms with Crippen molar-refractivity contribution in [3.05, 3.63) is 113 Å². The highest BCUT2D eigenvalue weighted by Crippen LogP contribution is 2.29. The van der Waals surface area contributed by atoms with Crippen LogP contribution in [0.25, 0.3) is 10.8 Å². The van der Waals surface area contributed by atoms with Crippen LogP contribution in [-0.2, 0) is 19.6 Å². The Bertz CT molecular complexity index is 1100. The predicted octanol–water partition coefficient (Wildman–Crippen LogP) is 6.84. The molecular formula is C29H31NO. The van der Waals surface area contributed by atoms with Gasteiger partial charge in [-0.15, -0.1) is 0 Å². The smallest absolute Gasteiger partial charge is 0.124 e. The van der Waals surface area contributed by atoms with Crippen LogP contribution in [0.3, 0.4) is 0 Å². The molecule has 0 radical (unpaired) electrons. The molecule has 158 valence electrons. The highest BCUT2D eigenvalue weighted by Gasteiger charge is 2.11. The van der Waals surface area contributed by atoms with Crippen molar-refractivity contribution in [1.29, 1.82) is 0 Å². The van der Waals surface area contributed by atoms with E-state index in [2.05, 4.69) is 110 Å². The van der Waals surface area contributed by atoms with Gasteiger partial charge in [0.2, 0.25) is 0 Å². The van der Waals surface area contributed by atoms with Gasteiger partial charge in [-0.25, -0.2) is 0 Å². The predicted molar refractivity (Wildman–Crippen MR) is 131 cm³/mol. The molecule has 4 rings (SSSR count). The van der Waals surface area contributed by atoms with Gasteiger partial charge in [-0.3, -0.25) is 0 Å². The third-order valence-corrected chi connectivity index (χ3v) is 5.85. The molecule has 0 aliphatic heterocycles. The zero-order valence-corrected chi connectivity index (χ0v) is 18.5. The second-order valence-corrected chi connectivity index (χ2v) is 8.34. The molecule has 1 atom stereocenters. The Balaban J connectivity index is 1.46. The third kappa shape index (κ3) is 5.74. The Labute approximate surface area is 185 Å². The maximum Gasteiger partial charge on any atom is 0.124 e. The summed E-state index contributed by atoms with van der Waals surface area (Å²) in [5.41, 5.74) is 5.08. The zero-order valence-electron chi connectivity index (χ0n) is 18.5. The highest BCUT2D eigenvalue weighted by atomic mass is 16.5. The Morgan fingerprint density at radius 3 is 2.32 bits per heavy atom. The van der Waals surface area contributed by atoms with E-state index in [1.165, 1.54) is 33.0 Å². The molecule has 2 nitrogen and oxygen atoms in total. The molecule has 1 unspecified atom stereocenters. The maximum absolute atomic E-state index is 6.29. The molecule has 0 aromatic heterocycles. The van der Waals surface area contributed by atoms with E-state index in [1.807, 2.05) is 0 Å². The molecule has 4 aromatic carbocycles. The van der Waals surface area contributed by atoms with Gasteiger partial charge in [0, 0.05) is 18.2 Å². The van der Waals surface area contributed by atoms with Gasteiger partial charge in [-0.1, -0.05) is 90.5 Å². The second kappa shape index (κ2) is 10.3. The van der Waals surface area contributed by atoms with Crippen molar-refractivity contribution in [2.75, 3.05) is 0 Å². The molecule has 0 fully saturated rings. The van der Waals surface area contributed by atoms with E-state index in [4.69, 9.17) is 4.74 Å². The van der Waals surface area contributed by atoms with Gasteiger partial charge < -0.3 is 10.1 Å². The van der Waals surface area contributed by atoms with Crippen molar-refractivity contribution >= 4 is 10.8 Å². The first-order valence-corrected chi connectivity index (χ1v) is 11.2. The Morgan fingerprint density at radius 1 is 0.774 bits per heavy atom. The van der Waals surface area contributed by atoms with Gasteiger partial charge in [0.15, 0.2) is 0 Å². The lowest BCUT2D eigenvalue weighted by Gasteiger charge is -2.18. The van der Waals surface area contributed by atoms with Gasteiger partial charge in [0.1, 0.15) is 12.4 Å². The van der Waals surface area contributed by atoms with Crippen LogP contribution < -0.4 is 10.1 Å². The molecule has 0 saturated heterocycles. The lowest BCUT2D eigenvalue weighted by molar-refractivity contribution is 0.302. The molecule has 0 spiro atoms. The summed E-state index contributed by atoms with van der Waals surface area (Å²) in [6.07, 6.45) is 2.19. The molecule has 31 heavy (non-hydrogen) atoms. The average Bonchev–Trinajstić information content (AvgIpc) is 2.82. The highest BCUT2D eigenvalue weighted by molar-refractivity contribution is 5.87. The third-order valence-electron chi connectivity index (χ3n) is 5.85. The van der Waals surface area contributed by atoms with Crippen LogP contribution in [0.15, 0.2) is 91.0 Å². The lowest BCUT2D eigenvalue weighted by atomic mass is 10.0. The van der Waals surface area contributed by atoms with Crippen molar-refractivity contribution in [1.82, 2.24) is 5.32 Å². The monoisotopic (exact) mass is 409 g/mol. The summed E-state index contributed by atoms with van der Waals surface area (Å²) in [6, 6.07) is 32.5. The molecule has 0 aliphatic carbocycles. The molecule has 0 saturated carbocycles. The van der Waals surface area contributed by atoms with Gasteiger partial charge >= 0.3 is 0 Å². The normalized spacial score (nSPS) is 12.1. The zero-order chi connectivity index (χ0) is 21.5. The van der Waals surface area contributed by atoms with Crippen LogP contribution in [0.4, 0.5) is 0 Å². The van der Waals surface area contributed by atoms with Gasteiger partial charge in [-0.05, 0) is 54.7 Å². The van der Waals surface area contributed by atoms with E-state index in [1.54, 1.807) is 0 Å². The average molecular weight is 410 g/mol. The van der Waals surface area contributed by atoms with Crippen molar-refractivity contribution in [3.8, 4) is 5.75 Å². The molecule has 1 N–H and O–H groups in total. The van der Waals surface area contributed by atoms with Gasteiger partial charge in [0.05, 0.1) is 0 Å². The first-order valence-electron chi connectivity index (χ1n) is 11.2. The first-order chi connectivity index (χ1) is 15.2. The van der Waals surface area contributed by atoms with Gasteiger partial charge in [0.25, 0.3) is 0 Å². The van der Waals surface area contributed by atoms with E-state index >= 15 is 0 Å². The summed E-state index contributed by atoms with van der Waals surface area (Å²) in [4.78, 5) is 0. The quantitative estimate of drug-likeness (QED) is 0.327. The summed E-state index contributed by atoms with van der Waals surface area (Å²) in [5, 5.41) is 6.23. The fourth-order valence-electron chi connectivity index (χ4n) is 3.89. The first kappa shape index (κ1) is 21.1. The number of aryl methyl sites for hydroxylation is 2. The van der Waals surface area contributed by atoms with Gasteiger partial charge in [-0.2, -0.15) is 0 Å². The number of ether oxygens (including phenoxy) is 1. The molecule has 2 heteroatoms. The minimum atomic E-state index is 0.420. The number of hydrogen-bond acceptors (Lipinski definition) is 2. The lowest BCUT2D eigenvalue weighted by Crippen LogP contribution is -2.26. The molecular weight excluding hydrogens is 378 g/mol. The standard InChI is InChI=1S/C29H31NO/c1-22-12-15-25(16-13-22)21-31-29-19-18-26-10-6-7-11-27(26)28(29)20-30-23(2)14-17-24-8-4-3-5-9-24/h3-13,15-16,18-19,23,30H,14,17,20-21H2,1-2H3. The summed E-state index contributed by atoms with van der Waals surface area (Å²) < 4.78 is 6.29. The number of nitrogens with one attached hydrogen (secondary N) is 1. The van der Waals surface area contributed by atoms with E-state index in [-0.39, 0.29) is 0 Å². The molecule has 0 heterocycles. The summed E-state index contributed by atoms with van der Waals surface area (Å²) in [5.74, 6) is 0.960. The van der Waals surface area contributed by atoms with Crippen molar-refractivity contribution in [3.63, 3.8) is 0 Å². The minimum absolute atomic E-state index is 0.420. The molecule has 4 aromatic rings. The largest absolute Gasteiger partial charge is 0.489 e. The fraction of sp³-hybridized carbons (Fsp3) is 0.241. The molecule has 0 bridgehead atoms. The van der Waals surface area contributed by atoms with E-state index in [0.29, 0.717) is 12.6 Å². The SMILES string of the molecule is Cc1ccc(COc2ccc3ccccc3c2CNC(C)CCc2ccccc2)cc1. The van der Waals surface area contributed by atoms with Crippen LogP contribution in [0.5, 0.6) is 5.75 Å². The van der Waals surface area contributed by atoms with Crippen molar-refractivity contribution < 1.29 is 4.74 Å². The van der Waals surface area contributed by atoms with Crippen LogP contribution in [0.2, 0.25) is 0 Å². The van der Waals surface area contributed by atoms with E-state index in [9.17, 15) is 0 Å². The maximum atomic E-state index is 6.29. The van der Waals surface area contributed by atoms with Crippen molar-refractivity contribution in [2.45, 2.75) is 45.9 Å². The summed E-state index contributed by atoms with van der Waals surface area (Å²) in [6.45, 7) is 5.74. The minimum Gasteiger partial charge on any atom is -0.489 e. The van der Waals surface area contributed by atoms with Crippen LogP contribution in [-0.4, -0.2) is 6.04 Å². The second-order valence-electron chi connectivity index (χ2n) is 8.34. The Morgan fingerprint density at radius 2 is 1.52 bits per heavy atom. The number of fused-ring (bicyclic) bond motifs is 1. The number of rotatable bonds is 9. The topological polar surface area (TPSA) is 21.3 Å². The fourth-order valence-corrected chi connectivity index (χ4v) is 3.89. The van der Waals surface area contributed by atoms with E-state index < -0.39 is 0 Å². The Kier molecular flexibility index (Phi) is 7.01. The number of hydrogen-bond donors (Lipinski definition) is 1. The summed E-state index contributed by atoms with van der Waals surface area (Å²) >= 11 is 0. The van der Waals surface area contributed by atoms with Crippen molar-refractivity contribution in [2.24, 2.45) is 0 Å².